The third-order valence-corrected chi connectivity index (χ3v) is 3.38. The van der Waals surface area contributed by atoms with Crippen LogP contribution in [0.5, 0.6) is 0 Å². The molecule has 0 aromatic heterocycles. The number of amides is 2. The number of aliphatic hydroxyl groups excluding tert-OH is 1. The van der Waals surface area contributed by atoms with Gasteiger partial charge in [0.05, 0.1) is 12.7 Å². The monoisotopic (exact) mass is 332 g/mol. The maximum absolute atomic E-state index is 13.6. The molecule has 24 heavy (non-hydrogen) atoms. The standard InChI is InChI=1S/C18H21FN2O3/c1-2-24-12-13-6-5-7-14(10-13)21-18(23)20-11-17(22)15-8-3-4-9-16(15)19/h3-10,17,22H,2,11-12H2,1H3,(H2,20,21,23). The Labute approximate surface area is 140 Å². The fraction of sp³-hybridized carbons (Fsp3) is 0.278. The molecule has 6 heteroatoms. The quantitative estimate of drug-likeness (QED) is 0.729. The second-order valence-electron chi connectivity index (χ2n) is 5.21. The van der Waals surface area contributed by atoms with Crippen molar-refractivity contribution in [3.8, 4) is 0 Å². The highest BCUT2D eigenvalue weighted by Crippen LogP contribution is 2.16. The Morgan fingerprint density at radius 3 is 2.79 bits per heavy atom. The van der Waals surface area contributed by atoms with Crippen LogP contribution in [-0.2, 0) is 11.3 Å². The minimum atomic E-state index is -1.11. The topological polar surface area (TPSA) is 70.6 Å². The van der Waals surface area contributed by atoms with Crippen LogP contribution in [0.3, 0.4) is 0 Å². The molecule has 1 atom stereocenters. The van der Waals surface area contributed by atoms with E-state index >= 15 is 0 Å². The van der Waals surface area contributed by atoms with Crippen LogP contribution in [-0.4, -0.2) is 24.3 Å². The van der Waals surface area contributed by atoms with Gasteiger partial charge in [0, 0.05) is 24.4 Å². The predicted octanol–water partition coefficient (Wildman–Crippen LogP) is 3.22. The van der Waals surface area contributed by atoms with Crippen molar-refractivity contribution in [2.75, 3.05) is 18.5 Å². The van der Waals surface area contributed by atoms with E-state index in [0.29, 0.717) is 18.9 Å². The number of halogens is 1. The first kappa shape index (κ1) is 17.9. The van der Waals surface area contributed by atoms with Gasteiger partial charge in [0.1, 0.15) is 5.82 Å². The average molecular weight is 332 g/mol. The molecule has 2 aromatic carbocycles. The van der Waals surface area contributed by atoms with Crippen LogP contribution in [0.1, 0.15) is 24.2 Å². The summed E-state index contributed by atoms with van der Waals surface area (Å²) in [6, 6.07) is 12.7. The molecular weight excluding hydrogens is 311 g/mol. The van der Waals surface area contributed by atoms with E-state index < -0.39 is 18.0 Å². The SMILES string of the molecule is CCOCc1cccc(NC(=O)NCC(O)c2ccccc2F)c1. The lowest BCUT2D eigenvalue weighted by atomic mass is 10.1. The van der Waals surface area contributed by atoms with Crippen molar-refractivity contribution in [3.05, 3.63) is 65.5 Å². The maximum atomic E-state index is 13.6. The van der Waals surface area contributed by atoms with Gasteiger partial charge in [-0.2, -0.15) is 0 Å². The van der Waals surface area contributed by atoms with E-state index in [1.54, 1.807) is 18.2 Å². The largest absolute Gasteiger partial charge is 0.386 e. The molecule has 0 saturated heterocycles. The van der Waals surface area contributed by atoms with Crippen LogP contribution in [0.2, 0.25) is 0 Å². The molecule has 2 rings (SSSR count). The van der Waals surface area contributed by atoms with Crippen LogP contribution in [0.25, 0.3) is 0 Å². The fourth-order valence-electron chi connectivity index (χ4n) is 2.18. The summed E-state index contributed by atoms with van der Waals surface area (Å²) in [5.41, 5.74) is 1.71. The van der Waals surface area contributed by atoms with Crippen LogP contribution >= 0.6 is 0 Å². The van der Waals surface area contributed by atoms with Gasteiger partial charge in [-0.1, -0.05) is 30.3 Å². The smallest absolute Gasteiger partial charge is 0.319 e. The molecule has 2 amide bonds. The van der Waals surface area contributed by atoms with Crippen LogP contribution in [0.15, 0.2) is 48.5 Å². The number of ether oxygens (including phenoxy) is 1. The molecule has 0 aliphatic rings. The summed E-state index contributed by atoms with van der Waals surface area (Å²) in [4.78, 5) is 11.9. The van der Waals surface area contributed by atoms with Gasteiger partial charge in [-0.15, -0.1) is 0 Å². The Balaban J connectivity index is 1.86. The van der Waals surface area contributed by atoms with Crippen molar-refractivity contribution < 1.29 is 19.0 Å². The fourth-order valence-corrected chi connectivity index (χ4v) is 2.18. The van der Waals surface area contributed by atoms with Crippen molar-refractivity contribution in [1.29, 1.82) is 0 Å². The van der Waals surface area contributed by atoms with Gasteiger partial charge in [0.25, 0.3) is 0 Å². The second kappa shape index (κ2) is 9.00. The number of hydrogen-bond acceptors (Lipinski definition) is 3. The summed E-state index contributed by atoms with van der Waals surface area (Å²) < 4.78 is 18.9. The lowest BCUT2D eigenvalue weighted by Crippen LogP contribution is -2.32. The van der Waals surface area contributed by atoms with Gasteiger partial charge in [-0.05, 0) is 30.7 Å². The number of nitrogens with one attached hydrogen (secondary N) is 2. The lowest BCUT2D eigenvalue weighted by molar-refractivity contribution is 0.134. The van der Waals surface area contributed by atoms with Gasteiger partial charge in [-0.25, -0.2) is 9.18 Å². The van der Waals surface area contributed by atoms with Crippen molar-refractivity contribution in [3.63, 3.8) is 0 Å². The number of aliphatic hydroxyl groups is 1. The Morgan fingerprint density at radius 2 is 2.04 bits per heavy atom. The van der Waals surface area contributed by atoms with Gasteiger partial charge in [0.2, 0.25) is 0 Å². The van der Waals surface area contributed by atoms with Gasteiger partial charge in [0.15, 0.2) is 0 Å². The summed E-state index contributed by atoms with van der Waals surface area (Å²) in [5.74, 6) is -0.504. The minimum absolute atomic E-state index is 0.0919. The number of carbonyl (C=O) groups excluding carboxylic acids is 1. The van der Waals surface area contributed by atoms with Crippen molar-refractivity contribution in [1.82, 2.24) is 5.32 Å². The Morgan fingerprint density at radius 1 is 1.25 bits per heavy atom. The summed E-state index contributed by atoms with van der Waals surface area (Å²) >= 11 is 0. The maximum Gasteiger partial charge on any atom is 0.319 e. The molecule has 1 unspecified atom stereocenters. The summed E-state index contributed by atoms with van der Waals surface area (Å²) in [7, 11) is 0. The zero-order valence-electron chi connectivity index (χ0n) is 13.5. The number of urea groups is 1. The van der Waals surface area contributed by atoms with E-state index in [4.69, 9.17) is 4.74 Å². The van der Waals surface area contributed by atoms with Crippen LogP contribution in [0, 0.1) is 5.82 Å². The number of carbonyl (C=O) groups is 1. The molecule has 0 bridgehead atoms. The first-order valence-corrected chi connectivity index (χ1v) is 7.74. The second-order valence-corrected chi connectivity index (χ2v) is 5.21. The molecule has 0 spiro atoms. The third-order valence-electron chi connectivity index (χ3n) is 3.38. The summed E-state index contributed by atoms with van der Waals surface area (Å²) in [5, 5.41) is 15.1. The Bertz CT molecular complexity index is 679. The number of rotatable bonds is 7. The van der Waals surface area contributed by atoms with Crippen molar-refractivity contribution >= 4 is 11.7 Å². The minimum Gasteiger partial charge on any atom is -0.386 e. The Hall–Kier alpha value is -2.44. The molecule has 2 aromatic rings. The first-order valence-electron chi connectivity index (χ1n) is 7.74. The van der Waals surface area contributed by atoms with E-state index in [0.717, 1.165) is 5.56 Å². The van der Waals surface area contributed by atoms with Gasteiger partial charge in [-0.3, -0.25) is 0 Å². The third kappa shape index (κ3) is 5.33. The normalized spacial score (nSPS) is 11.8. The molecule has 0 fully saturated rings. The average Bonchev–Trinajstić information content (AvgIpc) is 2.58. The molecule has 0 saturated carbocycles. The van der Waals surface area contributed by atoms with Gasteiger partial charge < -0.3 is 20.5 Å². The van der Waals surface area contributed by atoms with Crippen LogP contribution in [0.4, 0.5) is 14.9 Å². The molecular formula is C18H21FN2O3. The molecule has 0 radical (unpaired) electrons. The van der Waals surface area contributed by atoms with E-state index in [1.165, 1.54) is 12.1 Å². The number of benzene rings is 2. The highest BCUT2D eigenvalue weighted by Gasteiger charge is 2.13. The number of hydrogen-bond donors (Lipinski definition) is 3. The molecule has 0 aliphatic carbocycles. The molecule has 0 heterocycles. The van der Waals surface area contributed by atoms with E-state index in [9.17, 15) is 14.3 Å². The van der Waals surface area contributed by atoms with E-state index in [2.05, 4.69) is 10.6 Å². The van der Waals surface area contributed by atoms with Gasteiger partial charge >= 0.3 is 6.03 Å². The molecule has 128 valence electrons. The van der Waals surface area contributed by atoms with Crippen molar-refractivity contribution in [2.24, 2.45) is 0 Å². The summed E-state index contributed by atoms with van der Waals surface area (Å²) in [6.45, 7) is 2.91. The zero-order chi connectivity index (χ0) is 17.4. The molecule has 5 nitrogen and oxygen atoms in total. The highest BCUT2D eigenvalue weighted by atomic mass is 19.1. The first-order chi connectivity index (χ1) is 11.6. The van der Waals surface area contributed by atoms with Crippen LogP contribution < -0.4 is 10.6 Å². The predicted molar refractivity (Wildman–Crippen MR) is 90.2 cm³/mol. The molecule has 0 aliphatic heterocycles. The Kier molecular flexibility index (Phi) is 6.72. The van der Waals surface area contributed by atoms with Crippen molar-refractivity contribution in [2.45, 2.75) is 19.6 Å². The zero-order valence-corrected chi connectivity index (χ0v) is 13.5. The summed E-state index contributed by atoms with van der Waals surface area (Å²) in [6.07, 6.45) is -1.11. The highest BCUT2D eigenvalue weighted by molar-refractivity contribution is 5.89. The lowest BCUT2D eigenvalue weighted by Gasteiger charge is -2.14. The van der Waals surface area contributed by atoms with E-state index in [-0.39, 0.29) is 12.1 Å². The molecule has 3 N–H and O–H groups in total. The van der Waals surface area contributed by atoms with E-state index in [1.807, 2.05) is 25.1 Å². The number of anilines is 1.